The Labute approximate surface area is 73.5 Å². The lowest BCUT2D eigenvalue weighted by molar-refractivity contribution is -0.0311. The van der Waals surface area contributed by atoms with Crippen molar-refractivity contribution in [2.75, 3.05) is 0 Å². The van der Waals surface area contributed by atoms with Crippen molar-refractivity contribution in [1.82, 2.24) is 5.32 Å². The number of carbonyl (C=O) groups excluding carboxylic acids is 1. The van der Waals surface area contributed by atoms with Crippen molar-refractivity contribution in [2.45, 2.75) is 51.7 Å². The maximum Gasteiger partial charge on any atom is 0.408 e. The summed E-state index contributed by atoms with van der Waals surface area (Å²) >= 11 is 0. The highest BCUT2D eigenvalue weighted by atomic mass is 16.6. The van der Waals surface area contributed by atoms with Gasteiger partial charge in [0.1, 0.15) is 5.60 Å². The molecule has 1 fully saturated rings. The number of carbonyl (C=O) groups is 1. The summed E-state index contributed by atoms with van der Waals surface area (Å²) in [4.78, 5) is 11.1. The predicted molar refractivity (Wildman–Crippen MR) is 47.0 cm³/mol. The van der Waals surface area contributed by atoms with Crippen molar-refractivity contribution in [3.8, 4) is 0 Å². The summed E-state index contributed by atoms with van der Waals surface area (Å²) in [6, 6.07) is 0. The van der Waals surface area contributed by atoms with Gasteiger partial charge in [0.25, 0.3) is 0 Å². The Bertz CT molecular complexity index is 201. The van der Waals surface area contributed by atoms with Gasteiger partial charge in [-0.15, -0.1) is 0 Å². The van der Waals surface area contributed by atoms with Crippen molar-refractivity contribution in [1.29, 1.82) is 0 Å². The molecule has 1 aliphatic rings. The molecular formula is C9H17NO2. The fourth-order valence-electron chi connectivity index (χ4n) is 1.74. The summed E-state index contributed by atoms with van der Waals surface area (Å²) in [5.74, 6) is 0. The van der Waals surface area contributed by atoms with Crippen LogP contribution < -0.4 is 5.32 Å². The van der Waals surface area contributed by atoms with Gasteiger partial charge in [-0.2, -0.15) is 0 Å². The largest absolute Gasteiger partial charge is 0.443 e. The Morgan fingerprint density at radius 2 is 2.08 bits per heavy atom. The Hall–Kier alpha value is -0.730. The molecule has 12 heavy (non-hydrogen) atoms. The van der Waals surface area contributed by atoms with Crippen LogP contribution in [0.5, 0.6) is 0 Å². The van der Waals surface area contributed by atoms with E-state index in [9.17, 15) is 4.79 Å². The molecule has 0 aliphatic carbocycles. The standard InChI is InChI=1S/C9H17NO2/c1-5-9(4)6-8(2,3)10-7(11)12-9/h5-6H2,1-4H3,(H,10,11). The first-order chi connectivity index (χ1) is 5.37. The molecule has 0 radical (unpaired) electrons. The van der Waals surface area contributed by atoms with Crippen LogP contribution >= 0.6 is 0 Å². The number of rotatable bonds is 1. The Kier molecular flexibility index (Phi) is 2.06. The number of alkyl carbamates (subject to hydrolysis) is 1. The first-order valence-electron chi connectivity index (χ1n) is 4.38. The van der Waals surface area contributed by atoms with Gasteiger partial charge in [0.15, 0.2) is 0 Å². The van der Waals surface area contributed by atoms with Gasteiger partial charge < -0.3 is 10.1 Å². The maximum absolute atomic E-state index is 11.1. The smallest absolute Gasteiger partial charge is 0.408 e. The molecule has 70 valence electrons. The zero-order valence-corrected chi connectivity index (χ0v) is 8.23. The Morgan fingerprint density at radius 1 is 1.50 bits per heavy atom. The molecule has 0 bridgehead atoms. The van der Waals surface area contributed by atoms with E-state index in [2.05, 4.69) is 5.32 Å². The molecule has 1 rings (SSSR count). The topological polar surface area (TPSA) is 38.3 Å². The number of ether oxygens (including phenoxy) is 1. The third-order valence-electron chi connectivity index (χ3n) is 2.34. The van der Waals surface area contributed by atoms with Gasteiger partial charge in [0, 0.05) is 12.0 Å². The van der Waals surface area contributed by atoms with E-state index in [1.807, 2.05) is 27.7 Å². The molecule has 1 amide bonds. The third kappa shape index (κ3) is 1.90. The highest BCUT2D eigenvalue weighted by molar-refractivity contribution is 5.69. The van der Waals surface area contributed by atoms with E-state index in [4.69, 9.17) is 4.74 Å². The van der Waals surface area contributed by atoms with E-state index in [-0.39, 0.29) is 17.2 Å². The lowest BCUT2D eigenvalue weighted by Crippen LogP contribution is -2.56. The lowest BCUT2D eigenvalue weighted by Gasteiger charge is -2.42. The molecule has 0 spiro atoms. The summed E-state index contributed by atoms with van der Waals surface area (Å²) < 4.78 is 5.21. The van der Waals surface area contributed by atoms with Crippen molar-refractivity contribution < 1.29 is 9.53 Å². The molecule has 1 atom stereocenters. The van der Waals surface area contributed by atoms with Gasteiger partial charge >= 0.3 is 6.09 Å². The van der Waals surface area contributed by atoms with Crippen LogP contribution in [0.4, 0.5) is 4.79 Å². The molecule has 1 aliphatic heterocycles. The summed E-state index contributed by atoms with van der Waals surface area (Å²) in [5, 5.41) is 2.78. The molecule has 1 unspecified atom stereocenters. The van der Waals surface area contributed by atoms with Crippen molar-refractivity contribution in [3.05, 3.63) is 0 Å². The van der Waals surface area contributed by atoms with E-state index < -0.39 is 0 Å². The average Bonchev–Trinajstić information content (AvgIpc) is 1.82. The number of amides is 1. The average molecular weight is 171 g/mol. The second kappa shape index (κ2) is 2.64. The summed E-state index contributed by atoms with van der Waals surface area (Å²) in [6.45, 7) is 8.05. The monoisotopic (exact) mass is 171 g/mol. The summed E-state index contributed by atoms with van der Waals surface area (Å²) in [5.41, 5.74) is -0.425. The Balaban J connectivity index is 2.76. The molecule has 1 heterocycles. The molecule has 0 aromatic rings. The second-order valence-corrected chi connectivity index (χ2v) is 4.38. The van der Waals surface area contributed by atoms with Gasteiger partial charge in [-0.1, -0.05) is 6.92 Å². The fourth-order valence-corrected chi connectivity index (χ4v) is 1.74. The molecule has 1 N–H and O–H groups in total. The number of cyclic esters (lactones) is 1. The molecular weight excluding hydrogens is 154 g/mol. The highest BCUT2D eigenvalue weighted by Gasteiger charge is 2.40. The molecule has 3 nitrogen and oxygen atoms in total. The number of hydrogen-bond acceptors (Lipinski definition) is 2. The number of hydrogen-bond donors (Lipinski definition) is 1. The van der Waals surface area contributed by atoms with Crippen LogP contribution in [-0.2, 0) is 4.74 Å². The van der Waals surface area contributed by atoms with Gasteiger partial charge in [-0.05, 0) is 27.2 Å². The minimum atomic E-state index is -0.296. The maximum atomic E-state index is 11.1. The van der Waals surface area contributed by atoms with Crippen LogP contribution in [0.15, 0.2) is 0 Å². The molecule has 1 saturated heterocycles. The molecule has 0 aromatic heterocycles. The fraction of sp³-hybridized carbons (Fsp3) is 0.889. The van der Waals surface area contributed by atoms with Crippen LogP contribution in [0.2, 0.25) is 0 Å². The van der Waals surface area contributed by atoms with E-state index >= 15 is 0 Å². The quantitative estimate of drug-likeness (QED) is 0.655. The van der Waals surface area contributed by atoms with Crippen molar-refractivity contribution >= 4 is 6.09 Å². The van der Waals surface area contributed by atoms with E-state index in [0.29, 0.717) is 0 Å². The third-order valence-corrected chi connectivity index (χ3v) is 2.34. The van der Waals surface area contributed by atoms with Gasteiger partial charge in [-0.3, -0.25) is 0 Å². The first-order valence-corrected chi connectivity index (χ1v) is 4.38. The molecule has 0 saturated carbocycles. The van der Waals surface area contributed by atoms with Gasteiger partial charge in [0.05, 0.1) is 0 Å². The minimum Gasteiger partial charge on any atom is -0.443 e. The Morgan fingerprint density at radius 3 is 2.50 bits per heavy atom. The van der Waals surface area contributed by atoms with Gasteiger partial charge in [-0.25, -0.2) is 4.79 Å². The lowest BCUT2D eigenvalue weighted by atomic mass is 9.85. The van der Waals surface area contributed by atoms with Crippen molar-refractivity contribution in [2.24, 2.45) is 0 Å². The van der Waals surface area contributed by atoms with Crippen molar-refractivity contribution in [3.63, 3.8) is 0 Å². The SMILES string of the molecule is CCC1(C)CC(C)(C)NC(=O)O1. The minimum absolute atomic E-state index is 0.139. The predicted octanol–water partition coefficient (Wildman–Crippen LogP) is 2.06. The van der Waals surface area contributed by atoms with Crippen LogP contribution in [0.1, 0.15) is 40.5 Å². The molecule has 3 heteroatoms. The zero-order chi connectivity index (χ0) is 9.41. The number of nitrogens with one attached hydrogen (secondary N) is 1. The van der Waals surface area contributed by atoms with E-state index in [1.54, 1.807) is 0 Å². The van der Waals surface area contributed by atoms with E-state index in [0.717, 1.165) is 12.8 Å². The normalized spacial score (nSPS) is 33.8. The van der Waals surface area contributed by atoms with Crippen LogP contribution in [-0.4, -0.2) is 17.2 Å². The highest BCUT2D eigenvalue weighted by Crippen LogP contribution is 2.30. The summed E-state index contributed by atoms with van der Waals surface area (Å²) in [7, 11) is 0. The first kappa shape index (κ1) is 9.36. The molecule has 0 aromatic carbocycles. The van der Waals surface area contributed by atoms with E-state index in [1.165, 1.54) is 0 Å². The zero-order valence-electron chi connectivity index (χ0n) is 8.23. The van der Waals surface area contributed by atoms with Crippen LogP contribution in [0.25, 0.3) is 0 Å². The van der Waals surface area contributed by atoms with Crippen LogP contribution in [0, 0.1) is 0 Å². The summed E-state index contributed by atoms with van der Waals surface area (Å²) in [6.07, 6.45) is 1.43. The van der Waals surface area contributed by atoms with Crippen LogP contribution in [0.3, 0.4) is 0 Å². The van der Waals surface area contributed by atoms with Gasteiger partial charge in [0.2, 0.25) is 0 Å². The second-order valence-electron chi connectivity index (χ2n) is 4.38.